The topological polar surface area (TPSA) is 38.9 Å². The lowest BCUT2D eigenvalue weighted by Crippen LogP contribution is -2.12. The summed E-state index contributed by atoms with van der Waals surface area (Å²) in [6.07, 6.45) is 3.86. The third-order valence-electron chi connectivity index (χ3n) is 3.35. The molecule has 1 unspecified atom stereocenters. The standard InChI is InChI=1S/C16H20N2/c1-12-5-3-4-6-14(12)9-10-16(17)15-8-7-13(2)18-11-15/h3-8,11,16H,9-10,17H2,1-2H3. The van der Waals surface area contributed by atoms with Crippen molar-refractivity contribution in [2.24, 2.45) is 5.73 Å². The van der Waals surface area contributed by atoms with Crippen LogP contribution in [0.5, 0.6) is 0 Å². The molecule has 0 aliphatic carbocycles. The summed E-state index contributed by atoms with van der Waals surface area (Å²) in [7, 11) is 0. The van der Waals surface area contributed by atoms with Gasteiger partial charge in [-0.15, -0.1) is 0 Å². The van der Waals surface area contributed by atoms with Gasteiger partial charge < -0.3 is 5.73 Å². The van der Waals surface area contributed by atoms with E-state index >= 15 is 0 Å². The molecule has 0 aliphatic heterocycles. The lowest BCUT2D eigenvalue weighted by Gasteiger charge is -2.12. The molecule has 0 amide bonds. The SMILES string of the molecule is Cc1ccc(C(N)CCc2ccccc2C)cn1. The maximum Gasteiger partial charge on any atom is 0.0372 e. The molecule has 0 bridgehead atoms. The van der Waals surface area contributed by atoms with Crippen LogP contribution in [0, 0.1) is 13.8 Å². The summed E-state index contributed by atoms with van der Waals surface area (Å²) in [6, 6.07) is 12.6. The molecule has 0 saturated heterocycles. The normalized spacial score (nSPS) is 12.4. The molecule has 2 heteroatoms. The van der Waals surface area contributed by atoms with Gasteiger partial charge in [0.25, 0.3) is 0 Å². The molecule has 2 rings (SSSR count). The van der Waals surface area contributed by atoms with Crippen LogP contribution in [0.2, 0.25) is 0 Å². The van der Waals surface area contributed by atoms with E-state index in [0.717, 1.165) is 24.1 Å². The summed E-state index contributed by atoms with van der Waals surface area (Å²) in [6.45, 7) is 4.14. The molecule has 0 saturated carbocycles. The van der Waals surface area contributed by atoms with E-state index < -0.39 is 0 Å². The van der Waals surface area contributed by atoms with Crippen molar-refractivity contribution < 1.29 is 0 Å². The molecule has 1 heterocycles. The molecular formula is C16H20N2. The molecule has 0 fully saturated rings. The Morgan fingerprint density at radius 3 is 2.56 bits per heavy atom. The number of pyridine rings is 1. The molecule has 0 aliphatic rings. The van der Waals surface area contributed by atoms with E-state index in [9.17, 15) is 0 Å². The smallest absolute Gasteiger partial charge is 0.0372 e. The van der Waals surface area contributed by atoms with Crippen LogP contribution < -0.4 is 5.73 Å². The summed E-state index contributed by atoms with van der Waals surface area (Å²) < 4.78 is 0. The van der Waals surface area contributed by atoms with Crippen LogP contribution in [0.25, 0.3) is 0 Å². The molecule has 18 heavy (non-hydrogen) atoms. The maximum atomic E-state index is 6.20. The fourth-order valence-corrected chi connectivity index (χ4v) is 2.07. The fraction of sp³-hybridized carbons (Fsp3) is 0.312. The van der Waals surface area contributed by atoms with Crippen molar-refractivity contribution in [3.63, 3.8) is 0 Å². The van der Waals surface area contributed by atoms with Gasteiger partial charge in [0.1, 0.15) is 0 Å². The minimum Gasteiger partial charge on any atom is -0.324 e. The number of nitrogens with two attached hydrogens (primary N) is 1. The van der Waals surface area contributed by atoms with Crippen molar-refractivity contribution in [2.45, 2.75) is 32.7 Å². The number of nitrogens with zero attached hydrogens (tertiary/aromatic N) is 1. The summed E-state index contributed by atoms with van der Waals surface area (Å²) >= 11 is 0. The van der Waals surface area contributed by atoms with Gasteiger partial charge in [-0.05, 0) is 49.4 Å². The van der Waals surface area contributed by atoms with E-state index in [1.807, 2.05) is 19.2 Å². The van der Waals surface area contributed by atoms with Gasteiger partial charge in [-0.25, -0.2) is 0 Å². The van der Waals surface area contributed by atoms with Gasteiger partial charge in [-0.3, -0.25) is 4.98 Å². The van der Waals surface area contributed by atoms with Gasteiger partial charge in [0.05, 0.1) is 0 Å². The van der Waals surface area contributed by atoms with Crippen LogP contribution >= 0.6 is 0 Å². The predicted molar refractivity (Wildman–Crippen MR) is 75.4 cm³/mol. The average molecular weight is 240 g/mol. The molecule has 94 valence electrons. The molecule has 1 aromatic carbocycles. The molecule has 1 aromatic heterocycles. The van der Waals surface area contributed by atoms with E-state index in [1.165, 1.54) is 11.1 Å². The van der Waals surface area contributed by atoms with E-state index in [0.29, 0.717) is 0 Å². The van der Waals surface area contributed by atoms with Crippen LogP contribution in [-0.2, 0) is 6.42 Å². The number of hydrogen-bond donors (Lipinski definition) is 1. The van der Waals surface area contributed by atoms with E-state index in [2.05, 4.69) is 42.2 Å². The fourth-order valence-electron chi connectivity index (χ4n) is 2.07. The van der Waals surface area contributed by atoms with Gasteiger partial charge in [-0.1, -0.05) is 30.3 Å². The molecule has 0 spiro atoms. The second-order valence-electron chi connectivity index (χ2n) is 4.80. The average Bonchev–Trinajstić information content (AvgIpc) is 2.38. The van der Waals surface area contributed by atoms with Crippen molar-refractivity contribution >= 4 is 0 Å². The summed E-state index contributed by atoms with van der Waals surface area (Å²) in [4.78, 5) is 4.29. The number of aromatic nitrogens is 1. The van der Waals surface area contributed by atoms with Crippen LogP contribution in [0.1, 0.15) is 34.8 Å². The highest BCUT2D eigenvalue weighted by Crippen LogP contribution is 2.17. The zero-order valence-corrected chi connectivity index (χ0v) is 11.1. The molecule has 2 nitrogen and oxygen atoms in total. The lowest BCUT2D eigenvalue weighted by molar-refractivity contribution is 0.647. The van der Waals surface area contributed by atoms with E-state index in [-0.39, 0.29) is 6.04 Å². The Labute approximate surface area is 109 Å². The van der Waals surface area contributed by atoms with Crippen molar-refractivity contribution in [2.75, 3.05) is 0 Å². The van der Waals surface area contributed by atoms with Crippen LogP contribution in [0.4, 0.5) is 0 Å². The van der Waals surface area contributed by atoms with Gasteiger partial charge in [0, 0.05) is 17.9 Å². The van der Waals surface area contributed by atoms with Gasteiger partial charge in [-0.2, -0.15) is 0 Å². The first-order valence-electron chi connectivity index (χ1n) is 6.39. The van der Waals surface area contributed by atoms with Gasteiger partial charge in [0.15, 0.2) is 0 Å². The maximum absolute atomic E-state index is 6.20. The second-order valence-corrected chi connectivity index (χ2v) is 4.80. The minimum absolute atomic E-state index is 0.0673. The Kier molecular flexibility index (Phi) is 4.11. The Bertz CT molecular complexity index is 503. The number of hydrogen-bond acceptors (Lipinski definition) is 2. The third-order valence-corrected chi connectivity index (χ3v) is 3.35. The van der Waals surface area contributed by atoms with Crippen LogP contribution in [-0.4, -0.2) is 4.98 Å². The predicted octanol–water partition coefficient (Wildman–Crippen LogP) is 3.33. The highest BCUT2D eigenvalue weighted by Gasteiger charge is 2.07. The molecule has 1 atom stereocenters. The quantitative estimate of drug-likeness (QED) is 0.890. The summed E-state index contributed by atoms with van der Waals surface area (Å²) in [5.41, 5.74) is 11.1. The van der Waals surface area contributed by atoms with Crippen LogP contribution in [0.15, 0.2) is 42.6 Å². The summed E-state index contributed by atoms with van der Waals surface area (Å²) in [5.74, 6) is 0. The van der Waals surface area contributed by atoms with Crippen LogP contribution in [0.3, 0.4) is 0 Å². The van der Waals surface area contributed by atoms with Crippen molar-refractivity contribution in [3.8, 4) is 0 Å². The number of aryl methyl sites for hydroxylation is 3. The zero-order valence-electron chi connectivity index (χ0n) is 11.1. The first kappa shape index (κ1) is 12.8. The second kappa shape index (κ2) is 5.78. The first-order chi connectivity index (χ1) is 8.66. The van der Waals surface area contributed by atoms with Gasteiger partial charge in [0.2, 0.25) is 0 Å². The Hall–Kier alpha value is -1.67. The third kappa shape index (κ3) is 3.17. The largest absolute Gasteiger partial charge is 0.324 e. The number of benzene rings is 1. The highest BCUT2D eigenvalue weighted by atomic mass is 14.7. The summed E-state index contributed by atoms with van der Waals surface area (Å²) in [5, 5.41) is 0. The highest BCUT2D eigenvalue weighted by molar-refractivity contribution is 5.26. The van der Waals surface area contributed by atoms with Crippen molar-refractivity contribution in [1.82, 2.24) is 4.98 Å². The molecular weight excluding hydrogens is 220 g/mol. The Morgan fingerprint density at radius 1 is 1.11 bits per heavy atom. The van der Waals surface area contributed by atoms with Crippen molar-refractivity contribution in [1.29, 1.82) is 0 Å². The first-order valence-corrected chi connectivity index (χ1v) is 6.39. The van der Waals surface area contributed by atoms with Crippen molar-refractivity contribution in [3.05, 3.63) is 65.0 Å². The Morgan fingerprint density at radius 2 is 1.89 bits per heavy atom. The molecule has 2 N–H and O–H groups in total. The molecule has 0 radical (unpaired) electrons. The van der Waals surface area contributed by atoms with E-state index in [1.54, 1.807) is 0 Å². The Balaban J connectivity index is 1.98. The zero-order chi connectivity index (χ0) is 13.0. The molecule has 2 aromatic rings. The lowest BCUT2D eigenvalue weighted by atomic mass is 9.98. The monoisotopic (exact) mass is 240 g/mol. The number of rotatable bonds is 4. The van der Waals surface area contributed by atoms with Gasteiger partial charge >= 0.3 is 0 Å². The minimum atomic E-state index is 0.0673. The van der Waals surface area contributed by atoms with E-state index in [4.69, 9.17) is 5.73 Å².